The molecule has 0 amide bonds. The second-order valence-electron chi connectivity index (χ2n) is 6.06. The second kappa shape index (κ2) is 6.73. The van der Waals surface area contributed by atoms with Crippen molar-refractivity contribution in [3.63, 3.8) is 0 Å². The fourth-order valence-electron chi connectivity index (χ4n) is 3.98. The molecule has 1 fully saturated rings. The molecule has 2 N–H and O–H groups in total. The average Bonchev–Trinajstić information content (AvgIpc) is 2.98. The van der Waals surface area contributed by atoms with Crippen molar-refractivity contribution < 1.29 is 0 Å². The summed E-state index contributed by atoms with van der Waals surface area (Å²) in [6.07, 6.45) is 6.20. The summed E-state index contributed by atoms with van der Waals surface area (Å²) in [5, 5.41) is 0. The van der Waals surface area contributed by atoms with E-state index in [1.165, 1.54) is 36.8 Å². The standard InChI is InChI=1S/C18H30N2/c1-4-15-10-9-11-16(14-15)17(19)18(12-7-8-13-18)20(5-2)6-3/h9-11,14,17H,4-8,12-13,19H2,1-3H3. The van der Waals surface area contributed by atoms with Gasteiger partial charge in [0.05, 0.1) is 0 Å². The number of hydrogen-bond acceptors (Lipinski definition) is 2. The van der Waals surface area contributed by atoms with Crippen molar-refractivity contribution in [1.29, 1.82) is 0 Å². The van der Waals surface area contributed by atoms with Gasteiger partial charge in [-0.2, -0.15) is 0 Å². The number of aryl methyl sites for hydroxylation is 1. The monoisotopic (exact) mass is 274 g/mol. The molecule has 2 nitrogen and oxygen atoms in total. The summed E-state index contributed by atoms with van der Waals surface area (Å²) in [6, 6.07) is 9.03. The second-order valence-corrected chi connectivity index (χ2v) is 6.06. The SMILES string of the molecule is CCc1cccc(C(N)C2(N(CC)CC)CCCC2)c1. The third kappa shape index (κ3) is 2.77. The topological polar surface area (TPSA) is 29.3 Å². The largest absolute Gasteiger partial charge is 0.322 e. The molecule has 1 aromatic carbocycles. The van der Waals surface area contributed by atoms with Crippen molar-refractivity contribution in [2.75, 3.05) is 13.1 Å². The minimum absolute atomic E-state index is 0.136. The van der Waals surface area contributed by atoms with E-state index in [0.717, 1.165) is 19.5 Å². The molecule has 20 heavy (non-hydrogen) atoms. The highest BCUT2D eigenvalue weighted by atomic mass is 15.2. The van der Waals surface area contributed by atoms with Crippen LogP contribution in [0.1, 0.15) is 63.6 Å². The molecule has 112 valence electrons. The third-order valence-corrected chi connectivity index (χ3v) is 5.16. The molecule has 1 aliphatic rings. The maximum absolute atomic E-state index is 6.77. The number of nitrogens with zero attached hydrogens (tertiary/aromatic N) is 1. The van der Waals surface area contributed by atoms with Crippen LogP contribution in [0.2, 0.25) is 0 Å². The Morgan fingerprint density at radius 2 is 1.80 bits per heavy atom. The molecule has 1 aromatic rings. The molecule has 0 aliphatic heterocycles. The summed E-state index contributed by atoms with van der Waals surface area (Å²) in [6.45, 7) is 8.92. The normalized spacial score (nSPS) is 19.4. The zero-order valence-electron chi connectivity index (χ0n) is 13.4. The van der Waals surface area contributed by atoms with E-state index < -0.39 is 0 Å². The van der Waals surface area contributed by atoms with E-state index in [0.29, 0.717) is 0 Å². The first-order chi connectivity index (χ1) is 9.67. The Hall–Kier alpha value is -0.860. The van der Waals surface area contributed by atoms with E-state index >= 15 is 0 Å². The van der Waals surface area contributed by atoms with Gasteiger partial charge in [-0.25, -0.2) is 0 Å². The highest BCUT2D eigenvalue weighted by Gasteiger charge is 2.43. The highest BCUT2D eigenvalue weighted by Crippen LogP contribution is 2.43. The smallest absolute Gasteiger partial charge is 0.0482 e. The summed E-state index contributed by atoms with van der Waals surface area (Å²) < 4.78 is 0. The predicted octanol–water partition coefficient (Wildman–Crippen LogP) is 3.90. The van der Waals surface area contributed by atoms with Crippen LogP contribution in [0.25, 0.3) is 0 Å². The van der Waals surface area contributed by atoms with E-state index in [4.69, 9.17) is 5.73 Å². The van der Waals surface area contributed by atoms with E-state index in [1.807, 2.05) is 0 Å². The lowest BCUT2D eigenvalue weighted by molar-refractivity contribution is 0.0770. The Morgan fingerprint density at radius 3 is 2.35 bits per heavy atom. The third-order valence-electron chi connectivity index (χ3n) is 5.16. The minimum Gasteiger partial charge on any atom is -0.322 e. The molecule has 1 aliphatic carbocycles. The van der Waals surface area contributed by atoms with Gasteiger partial charge in [0.25, 0.3) is 0 Å². The highest BCUT2D eigenvalue weighted by molar-refractivity contribution is 5.29. The van der Waals surface area contributed by atoms with Gasteiger partial charge in [0, 0.05) is 11.6 Å². The van der Waals surface area contributed by atoms with Gasteiger partial charge in [-0.15, -0.1) is 0 Å². The summed E-state index contributed by atoms with van der Waals surface area (Å²) in [5.41, 5.74) is 9.66. The first kappa shape index (κ1) is 15.5. The van der Waals surface area contributed by atoms with Gasteiger partial charge in [-0.05, 0) is 43.5 Å². The summed E-state index contributed by atoms with van der Waals surface area (Å²) in [4.78, 5) is 2.60. The van der Waals surface area contributed by atoms with Crippen LogP contribution in [0, 0.1) is 0 Å². The summed E-state index contributed by atoms with van der Waals surface area (Å²) in [7, 11) is 0. The van der Waals surface area contributed by atoms with E-state index in [1.54, 1.807) is 0 Å². The molecule has 0 aromatic heterocycles. The quantitative estimate of drug-likeness (QED) is 0.852. The molecule has 1 atom stereocenters. The fourth-order valence-corrected chi connectivity index (χ4v) is 3.98. The molecule has 2 rings (SSSR count). The Morgan fingerprint density at radius 1 is 1.15 bits per heavy atom. The first-order valence-electron chi connectivity index (χ1n) is 8.27. The molecular formula is C18H30N2. The van der Waals surface area contributed by atoms with E-state index in [2.05, 4.69) is 49.9 Å². The van der Waals surface area contributed by atoms with Crippen molar-refractivity contribution in [1.82, 2.24) is 4.90 Å². The average molecular weight is 274 g/mol. The van der Waals surface area contributed by atoms with Gasteiger partial charge < -0.3 is 5.73 Å². The molecule has 0 saturated heterocycles. The van der Waals surface area contributed by atoms with Crippen LogP contribution in [-0.4, -0.2) is 23.5 Å². The zero-order chi connectivity index (χ0) is 14.6. The number of hydrogen-bond donors (Lipinski definition) is 1. The molecule has 0 heterocycles. The van der Waals surface area contributed by atoms with Crippen molar-refractivity contribution in [3.05, 3.63) is 35.4 Å². The fraction of sp³-hybridized carbons (Fsp3) is 0.667. The van der Waals surface area contributed by atoms with Gasteiger partial charge in [0.1, 0.15) is 0 Å². The number of likely N-dealkylation sites (N-methyl/N-ethyl adjacent to an activating group) is 1. The van der Waals surface area contributed by atoms with Crippen LogP contribution in [0.4, 0.5) is 0 Å². The molecule has 0 spiro atoms. The maximum atomic E-state index is 6.77. The number of nitrogens with two attached hydrogens (primary N) is 1. The van der Waals surface area contributed by atoms with Crippen LogP contribution in [0.3, 0.4) is 0 Å². The van der Waals surface area contributed by atoms with Gasteiger partial charge in [0.15, 0.2) is 0 Å². The van der Waals surface area contributed by atoms with Gasteiger partial charge in [0.2, 0.25) is 0 Å². The molecule has 0 radical (unpaired) electrons. The van der Waals surface area contributed by atoms with E-state index in [9.17, 15) is 0 Å². The van der Waals surface area contributed by atoms with E-state index in [-0.39, 0.29) is 11.6 Å². The van der Waals surface area contributed by atoms with Crippen LogP contribution >= 0.6 is 0 Å². The lowest BCUT2D eigenvalue weighted by atomic mass is 9.82. The van der Waals surface area contributed by atoms with Crippen molar-refractivity contribution in [2.24, 2.45) is 5.73 Å². The van der Waals surface area contributed by atoms with Gasteiger partial charge >= 0.3 is 0 Å². The number of rotatable bonds is 6. The van der Waals surface area contributed by atoms with Crippen LogP contribution in [0.15, 0.2) is 24.3 Å². The molecule has 2 heteroatoms. The minimum atomic E-state index is 0.136. The molecule has 1 unspecified atom stereocenters. The van der Waals surface area contributed by atoms with Crippen molar-refractivity contribution in [2.45, 2.75) is 64.5 Å². The summed E-state index contributed by atoms with van der Waals surface area (Å²) >= 11 is 0. The lowest BCUT2D eigenvalue weighted by Gasteiger charge is -2.45. The predicted molar refractivity (Wildman–Crippen MR) is 86.9 cm³/mol. The van der Waals surface area contributed by atoms with Crippen LogP contribution in [-0.2, 0) is 6.42 Å². The van der Waals surface area contributed by atoms with Crippen molar-refractivity contribution >= 4 is 0 Å². The maximum Gasteiger partial charge on any atom is 0.0482 e. The Labute approximate surface area is 124 Å². The van der Waals surface area contributed by atoms with Gasteiger partial charge in [-0.1, -0.05) is 57.9 Å². The first-order valence-corrected chi connectivity index (χ1v) is 8.27. The molecule has 1 saturated carbocycles. The van der Waals surface area contributed by atoms with Gasteiger partial charge in [-0.3, -0.25) is 4.90 Å². The zero-order valence-corrected chi connectivity index (χ0v) is 13.4. The summed E-state index contributed by atoms with van der Waals surface area (Å²) in [5.74, 6) is 0. The lowest BCUT2D eigenvalue weighted by Crippen LogP contribution is -2.53. The molecular weight excluding hydrogens is 244 g/mol. The number of benzene rings is 1. The Kier molecular flexibility index (Phi) is 5.22. The van der Waals surface area contributed by atoms with Crippen LogP contribution < -0.4 is 5.73 Å². The molecule has 0 bridgehead atoms. The van der Waals surface area contributed by atoms with Crippen LogP contribution in [0.5, 0.6) is 0 Å². The van der Waals surface area contributed by atoms with Crippen molar-refractivity contribution in [3.8, 4) is 0 Å². The Bertz CT molecular complexity index is 417. The Balaban J connectivity index is 2.33.